The highest BCUT2D eigenvalue weighted by atomic mass is 16.5. The normalized spacial score (nSPS) is 14.2. The summed E-state index contributed by atoms with van der Waals surface area (Å²) in [5.74, 6) is 1.05. The molecule has 0 radical (unpaired) electrons. The summed E-state index contributed by atoms with van der Waals surface area (Å²) >= 11 is 0. The number of hydrogen-bond donors (Lipinski definition) is 2. The van der Waals surface area contributed by atoms with Crippen molar-refractivity contribution in [1.82, 2.24) is 14.6 Å². The molecule has 2 aromatic carbocycles. The van der Waals surface area contributed by atoms with Crippen molar-refractivity contribution in [2.24, 2.45) is 0 Å². The predicted molar refractivity (Wildman–Crippen MR) is 124 cm³/mol. The van der Waals surface area contributed by atoms with Gasteiger partial charge in [0.15, 0.2) is 5.65 Å². The van der Waals surface area contributed by atoms with E-state index in [0.717, 1.165) is 54.2 Å². The first-order valence-electron chi connectivity index (χ1n) is 10.6. The van der Waals surface area contributed by atoms with Gasteiger partial charge in [0.05, 0.1) is 12.7 Å². The van der Waals surface area contributed by atoms with Crippen LogP contribution in [0.1, 0.15) is 19.3 Å². The van der Waals surface area contributed by atoms with E-state index < -0.39 is 0 Å². The van der Waals surface area contributed by atoms with Crippen LogP contribution in [0.4, 0.5) is 11.5 Å². The van der Waals surface area contributed by atoms with Gasteiger partial charge >= 0.3 is 0 Å². The van der Waals surface area contributed by atoms with Crippen molar-refractivity contribution in [3.05, 3.63) is 65.0 Å². The average molecular weight is 415 g/mol. The maximum absolute atomic E-state index is 13.5. The highest BCUT2D eigenvalue weighted by molar-refractivity contribution is 5.88. The minimum absolute atomic E-state index is 0.239. The fraction of sp³-hybridized carbons (Fsp3) is 0.250. The Morgan fingerprint density at radius 1 is 0.968 bits per heavy atom. The molecule has 1 aliphatic rings. The molecule has 0 atom stereocenters. The van der Waals surface area contributed by atoms with Crippen molar-refractivity contribution < 1.29 is 4.74 Å². The number of piperidine rings is 1. The molecule has 0 aliphatic carbocycles. The van der Waals surface area contributed by atoms with Gasteiger partial charge in [0.25, 0.3) is 5.56 Å². The number of fused-ring (bicyclic) bond motifs is 1. The van der Waals surface area contributed by atoms with Crippen LogP contribution in [0.2, 0.25) is 0 Å². The molecule has 2 aromatic heterocycles. The molecule has 0 bridgehead atoms. The molecule has 3 N–H and O–H groups in total. The van der Waals surface area contributed by atoms with Crippen molar-refractivity contribution in [1.29, 1.82) is 0 Å². The molecule has 31 heavy (non-hydrogen) atoms. The molecule has 7 heteroatoms. The maximum Gasteiger partial charge on any atom is 0.284 e. The number of benzene rings is 2. The fourth-order valence-corrected chi connectivity index (χ4v) is 4.32. The molecule has 0 amide bonds. The Balaban J connectivity index is 1.75. The number of aromatic amines is 1. The van der Waals surface area contributed by atoms with Gasteiger partial charge in [0.2, 0.25) is 0 Å². The molecule has 0 spiro atoms. The third-order valence-electron chi connectivity index (χ3n) is 5.89. The Morgan fingerprint density at radius 2 is 1.68 bits per heavy atom. The number of rotatable bonds is 4. The van der Waals surface area contributed by atoms with Crippen molar-refractivity contribution in [3.8, 4) is 28.1 Å². The van der Waals surface area contributed by atoms with E-state index in [4.69, 9.17) is 15.6 Å². The quantitative estimate of drug-likeness (QED) is 0.527. The van der Waals surface area contributed by atoms with E-state index in [-0.39, 0.29) is 5.56 Å². The summed E-state index contributed by atoms with van der Waals surface area (Å²) in [4.78, 5) is 19.1. The van der Waals surface area contributed by atoms with E-state index in [0.29, 0.717) is 17.0 Å². The lowest BCUT2D eigenvalue weighted by atomic mass is 10.1. The van der Waals surface area contributed by atoms with Crippen LogP contribution in [-0.4, -0.2) is 34.8 Å². The minimum atomic E-state index is -0.239. The number of anilines is 2. The van der Waals surface area contributed by atoms with Crippen molar-refractivity contribution in [2.45, 2.75) is 19.3 Å². The van der Waals surface area contributed by atoms with Gasteiger partial charge in [-0.05, 0) is 37.0 Å². The van der Waals surface area contributed by atoms with E-state index >= 15 is 0 Å². The molecular formula is C24H25N5O2. The van der Waals surface area contributed by atoms with Crippen molar-refractivity contribution in [3.63, 3.8) is 0 Å². The van der Waals surface area contributed by atoms with Gasteiger partial charge in [-0.15, -0.1) is 0 Å². The molecule has 5 rings (SSSR count). The number of H-pyrrole nitrogens is 1. The molecular weight excluding hydrogens is 390 g/mol. The van der Waals surface area contributed by atoms with Crippen LogP contribution >= 0.6 is 0 Å². The van der Waals surface area contributed by atoms with Crippen LogP contribution in [0.5, 0.6) is 5.75 Å². The van der Waals surface area contributed by atoms with Crippen LogP contribution in [0.25, 0.3) is 28.0 Å². The van der Waals surface area contributed by atoms with Crippen LogP contribution < -0.4 is 20.9 Å². The van der Waals surface area contributed by atoms with Crippen LogP contribution in [0, 0.1) is 0 Å². The first kappa shape index (κ1) is 19.2. The smallest absolute Gasteiger partial charge is 0.284 e. The summed E-state index contributed by atoms with van der Waals surface area (Å²) in [6.45, 7) is 1.87. The lowest BCUT2D eigenvalue weighted by Crippen LogP contribution is -2.30. The summed E-state index contributed by atoms with van der Waals surface area (Å²) in [6, 6.07) is 17.3. The lowest BCUT2D eigenvalue weighted by Gasteiger charge is -2.28. The standard InChI is InChI=1S/C24H25N5O2/c1-31-18-12-10-16(11-13-18)19-22(25)26-23-21(28-14-6-3-7-15-28)20(27-29(23)24(19)30)17-8-4-2-5-9-17/h2,4-5,8-13,26H,3,6-7,14-15,25H2,1H3. The number of nitrogen functional groups attached to an aromatic ring is 1. The SMILES string of the molecule is COc1ccc(-c2c(N)[nH]c3c(N4CCCCC4)c(-c4ccccc4)nn3c2=O)cc1. The lowest BCUT2D eigenvalue weighted by molar-refractivity contribution is 0.415. The Morgan fingerprint density at radius 3 is 2.35 bits per heavy atom. The third kappa shape index (κ3) is 3.32. The van der Waals surface area contributed by atoms with E-state index in [1.54, 1.807) is 7.11 Å². The molecule has 3 heterocycles. The number of nitrogens with zero attached hydrogens (tertiary/aromatic N) is 3. The van der Waals surface area contributed by atoms with Crippen LogP contribution in [-0.2, 0) is 0 Å². The van der Waals surface area contributed by atoms with E-state index in [2.05, 4.69) is 9.88 Å². The average Bonchev–Trinajstić information content (AvgIpc) is 3.20. The van der Waals surface area contributed by atoms with Crippen LogP contribution in [0.3, 0.4) is 0 Å². The molecule has 0 unspecified atom stereocenters. The summed E-state index contributed by atoms with van der Waals surface area (Å²) in [5, 5.41) is 4.77. The van der Waals surface area contributed by atoms with Gasteiger partial charge in [-0.1, -0.05) is 42.5 Å². The van der Waals surface area contributed by atoms with E-state index in [9.17, 15) is 4.79 Å². The topological polar surface area (TPSA) is 88.7 Å². The highest BCUT2D eigenvalue weighted by Gasteiger charge is 2.25. The number of methoxy groups -OCH3 is 1. The van der Waals surface area contributed by atoms with Crippen molar-refractivity contribution >= 4 is 17.2 Å². The second kappa shape index (κ2) is 7.83. The minimum Gasteiger partial charge on any atom is -0.497 e. The van der Waals surface area contributed by atoms with Crippen molar-refractivity contribution in [2.75, 3.05) is 30.8 Å². The number of ether oxygens (including phenoxy) is 1. The van der Waals surface area contributed by atoms with Crippen LogP contribution in [0.15, 0.2) is 59.4 Å². The summed E-state index contributed by atoms with van der Waals surface area (Å²) in [6.07, 6.45) is 3.46. The summed E-state index contributed by atoms with van der Waals surface area (Å²) in [5.41, 5.74) is 10.6. The second-order valence-corrected chi connectivity index (χ2v) is 7.82. The molecule has 7 nitrogen and oxygen atoms in total. The first-order chi connectivity index (χ1) is 15.2. The van der Waals surface area contributed by atoms with Gasteiger partial charge in [-0.25, -0.2) is 0 Å². The molecule has 1 aliphatic heterocycles. The Kier molecular flexibility index (Phi) is 4.86. The molecule has 4 aromatic rings. The first-order valence-corrected chi connectivity index (χ1v) is 10.6. The number of hydrogen-bond acceptors (Lipinski definition) is 5. The van der Waals surface area contributed by atoms with E-state index in [1.807, 2.05) is 54.6 Å². The zero-order valence-corrected chi connectivity index (χ0v) is 17.5. The zero-order chi connectivity index (χ0) is 21.4. The van der Waals surface area contributed by atoms with Gasteiger partial charge in [0, 0.05) is 18.7 Å². The monoisotopic (exact) mass is 415 g/mol. The molecule has 0 saturated carbocycles. The molecule has 1 fully saturated rings. The second-order valence-electron chi connectivity index (χ2n) is 7.82. The Bertz CT molecular complexity index is 1270. The molecule has 1 saturated heterocycles. The summed E-state index contributed by atoms with van der Waals surface area (Å²) in [7, 11) is 1.61. The van der Waals surface area contributed by atoms with Gasteiger partial charge in [-0.2, -0.15) is 9.61 Å². The number of nitrogens with two attached hydrogens (primary N) is 1. The van der Waals surface area contributed by atoms with Gasteiger partial charge in [0.1, 0.15) is 22.9 Å². The highest BCUT2D eigenvalue weighted by Crippen LogP contribution is 2.35. The van der Waals surface area contributed by atoms with Gasteiger partial charge in [-0.3, -0.25) is 4.79 Å². The maximum atomic E-state index is 13.5. The van der Waals surface area contributed by atoms with E-state index in [1.165, 1.54) is 10.9 Å². The zero-order valence-electron chi connectivity index (χ0n) is 17.5. The predicted octanol–water partition coefficient (Wildman–Crippen LogP) is 3.94. The van der Waals surface area contributed by atoms with Gasteiger partial charge < -0.3 is 20.4 Å². The fourth-order valence-electron chi connectivity index (χ4n) is 4.32. The largest absolute Gasteiger partial charge is 0.497 e. The third-order valence-corrected chi connectivity index (χ3v) is 5.89. The Labute approximate surface area is 180 Å². The number of nitrogens with one attached hydrogen (secondary N) is 1. The Hall–Kier alpha value is -3.74. The molecule has 158 valence electrons. The summed E-state index contributed by atoms with van der Waals surface area (Å²) < 4.78 is 6.69. The number of aromatic nitrogens is 3.